The van der Waals surface area contributed by atoms with Crippen molar-refractivity contribution in [3.8, 4) is 0 Å². The molecule has 0 bridgehead atoms. The second-order valence-electron chi connectivity index (χ2n) is 3.03. The summed E-state index contributed by atoms with van der Waals surface area (Å²) in [7, 11) is 0. The Morgan fingerprint density at radius 2 is 1.12 bits per heavy atom. The Morgan fingerprint density at radius 3 is 1.24 bits per heavy atom. The fraction of sp³-hybridized carbons (Fsp3) is 0.125. The van der Waals surface area contributed by atoms with Crippen LogP contribution in [0.3, 0.4) is 0 Å². The normalized spacial score (nSPS) is 17.0. The van der Waals surface area contributed by atoms with Gasteiger partial charge in [0.25, 0.3) is 0 Å². The van der Waals surface area contributed by atoms with Crippen LogP contribution in [0.4, 0.5) is 0 Å². The van der Waals surface area contributed by atoms with Crippen LogP contribution in [0.5, 0.6) is 0 Å². The third-order valence-corrected chi connectivity index (χ3v) is 1.65. The molecule has 0 aromatic rings. The summed E-state index contributed by atoms with van der Waals surface area (Å²) in [5.41, 5.74) is 0. The van der Waals surface area contributed by atoms with Gasteiger partial charge in [0.1, 0.15) is 0 Å². The monoisotopic (exact) mass is 260 g/mol. The van der Waals surface area contributed by atoms with E-state index in [1.54, 1.807) is 0 Å². The van der Waals surface area contributed by atoms with E-state index in [0.29, 0.717) is 0 Å². The maximum absolute atomic E-state index is 3.62. The molecule has 1 heteroatoms. The third-order valence-electron chi connectivity index (χ3n) is 1.65. The average molecular weight is 260 g/mol. The Bertz CT molecular complexity index is 98.3. The van der Waals surface area contributed by atoms with Gasteiger partial charge in [0.05, 0.1) is 0 Å². The molecule has 0 atom stereocenters. The zero-order chi connectivity index (χ0) is 11.9. The van der Waals surface area contributed by atoms with E-state index >= 15 is 0 Å². The van der Waals surface area contributed by atoms with Crippen molar-refractivity contribution < 1.29 is 21.7 Å². The maximum atomic E-state index is 3.62. The van der Waals surface area contributed by atoms with Gasteiger partial charge in [-0.1, -0.05) is 0 Å². The Hall–Kier alpha value is 0.454. The van der Waals surface area contributed by atoms with Crippen molar-refractivity contribution in [2.24, 2.45) is 0 Å². The van der Waals surface area contributed by atoms with Crippen molar-refractivity contribution in [1.29, 1.82) is 0 Å². The number of hydrogen-bond donors (Lipinski definition) is 0. The van der Waals surface area contributed by atoms with Crippen LogP contribution >= 0.6 is 0 Å². The largest absolute Gasteiger partial charge is 4.00 e. The molecule has 86 valence electrons. The predicted molar refractivity (Wildman–Crippen MR) is 72.1 cm³/mol. The number of allylic oxidation sites excluding steroid dienone is 1. The van der Waals surface area contributed by atoms with Crippen LogP contribution in [0.25, 0.3) is 0 Å². The molecule has 17 heavy (non-hydrogen) atoms. The standard InChI is InChI=1S/C6H10.2C5H5.Ti/c1-3-5-6-4-2;2*1-2-4-5-3-1;/h3,6H,1-2,4-5H2;2*1-5H;/q-2;;;+4. The van der Waals surface area contributed by atoms with Crippen LogP contribution in [0.2, 0.25) is 0 Å². The van der Waals surface area contributed by atoms with E-state index in [0.717, 1.165) is 12.8 Å². The molecule has 2 fully saturated rings. The first-order valence-electron chi connectivity index (χ1n) is 5.47. The van der Waals surface area contributed by atoms with E-state index in [4.69, 9.17) is 0 Å². The molecule has 0 saturated heterocycles. The SMILES string of the molecule is C=CC[CH-]C[CH2-].[CH]1[CH][CH][CH][CH]1.[CH]1[CH][CH][CH][CH]1.[Ti+4]. The van der Waals surface area contributed by atoms with E-state index in [-0.39, 0.29) is 21.7 Å². The summed E-state index contributed by atoms with van der Waals surface area (Å²) in [6.07, 6.45) is 25.8. The Labute approximate surface area is 125 Å². The number of hydrogen-bond acceptors (Lipinski definition) is 0. The van der Waals surface area contributed by atoms with Crippen LogP contribution < -0.4 is 0 Å². The summed E-state index contributed by atoms with van der Waals surface area (Å²) < 4.78 is 0. The van der Waals surface area contributed by atoms with Gasteiger partial charge in [-0.2, -0.15) is 6.42 Å². The Balaban J connectivity index is 0. The van der Waals surface area contributed by atoms with Crippen LogP contribution in [-0.4, -0.2) is 0 Å². The average Bonchev–Trinajstić information content (AvgIpc) is 3.00. The predicted octanol–water partition coefficient (Wildman–Crippen LogP) is 4.03. The molecule has 2 rings (SSSR count). The van der Waals surface area contributed by atoms with Gasteiger partial charge < -0.3 is 19.8 Å². The Kier molecular flexibility index (Phi) is 21.9. The van der Waals surface area contributed by atoms with Gasteiger partial charge >= 0.3 is 21.7 Å². The number of unbranched alkanes of at least 4 members (excludes halogenated alkanes) is 2. The van der Waals surface area contributed by atoms with Crippen molar-refractivity contribution in [2.75, 3.05) is 0 Å². The molecule has 0 nitrogen and oxygen atoms in total. The van der Waals surface area contributed by atoms with Crippen molar-refractivity contribution in [3.63, 3.8) is 0 Å². The molecule has 2 aliphatic rings. The van der Waals surface area contributed by atoms with E-state index in [9.17, 15) is 0 Å². The van der Waals surface area contributed by atoms with Crippen molar-refractivity contribution >= 4 is 0 Å². The van der Waals surface area contributed by atoms with Crippen LogP contribution in [0.15, 0.2) is 12.7 Å². The second kappa shape index (κ2) is 18.8. The summed E-state index contributed by atoms with van der Waals surface area (Å²) in [4.78, 5) is 0. The van der Waals surface area contributed by atoms with E-state index in [1.165, 1.54) is 0 Å². The van der Waals surface area contributed by atoms with Gasteiger partial charge in [-0.3, -0.25) is 0 Å². The zero-order valence-corrected chi connectivity index (χ0v) is 11.8. The van der Waals surface area contributed by atoms with Crippen LogP contribution in [0, 0.1) is 77.6 Å². The van der Waals surface area contributed by atoms with E-state index in [1.807, 2.05) is 70.3 Å². The molecular formula is C16H20Ti+2. The molecule has 0 aromatic heterocycles. The van der Waals surface area contributed by atoms with Gasteiger partial charge in [0.15, 0.2) is 0 Å². The summed E-state index contributed by atoms with van der Waals surface area (Å²) >= 11 is 0. The van der Waals surface area contributed by atoms with E-state index in [2.05, 4.69) is 19.9 Å². The molecule has 0 heterocycles. The summed E-state index contributed by atoms with van der Waals surface area (Å²) in [6.45, 7) is 7.16. The molecule has 0 spiro atoms. The molecular weight excluding hydrogens is 240 g/mol. The van der Waals surface area contributed by atoms with Gasteiger partial charge in [-0.15, -0.1) is 12.7 Å². The van der Waals surface area contributed by atoms with Gasteiger partial charge in [-0.05, 0) is 64.2 Å². The smallest absolute Gasteiger partial charge is 0.372 e. The quantitative estimate of drug-likeness (QED) is 0.311. The van der Waals surface area contributed by atoms with Gasteiger partial charge in [0, 0.05) is 0 Å². The molecule has 10 radical (unpaired) electrons. The topological polar surface area (TPSA) is 0 Å². The summed E-state index contributed by atoms with van der Waals surface area (Å²) in [5.74, 6) is 0. The van der Waals surface area contributed by atoms with Crippen molar-refractivity contribution in [1.82, 2.24) is 0 Å². The third kappa shape index (κ3) is 19.0. The fourth-order valence-corrected chi connectivity index (χ4v) is 0.877. The second-order valence-corrected chi connectivity index (χ2v) is 3.03. The molecule has 0 N–H and O–H groups in total. The Morgan fingerprint density at radius 1 is 0.824 bits per heavy atom. The minimum atomic E-state index is 0. The zero-order valence-electron chi connectivity index (χ0n) is 10.3. The molecule has 0 aliphatic heterocycles. The fourth-order valence-electron chi connectivity index (χ4n) is 0.877. The summed E-state index contributed by atoms with van der Waals surface area (Å²) in [6, 6.07) is 0. The van der Waals surface area contributed by atoms with Crippen molar-refractivity contribution in [3.05, 3.63) is 90.2 Å². The minimum absolute atomic E-state index is 0. The van der Waals surface area contributed by atoms with E-state index < -0.39 is 0 Å². The molecule has 0 amide bonds. The minimum Gasteiger partial charge on any atom is -0.372 e. The summed E-state index contributed by atoms with van der Waals surface area (Å²) in [5, 5.41) is 0. The molecule has 0 aromatic carbocycles. The van der Waals surface area contributed by atoms with Gasteiger partial charge in [0.2, 0.25) is 0 Å². The van der Waals surface area contributed by atoms with Gasteiger partial charge in [-0.25, -0.2) is 0 Å². The first-order chi connectivity index (χ1) is 7.91. The number of rotatable bonds is 3. The first-order valence-corrected chi connectivity index (χ1v) is 5.47. The maximum Gasteiger partial charge on any atom is 4.00 e. The molecule has 0 unspecified atom stereocenters. The molecule has 2 aliphatic carbocycles. The first kappa shape index (κ1) is 19.8. The molecule has 2 saturated carbocycles. The van der Waals surface area contributed by atoms with Crippen LogP contribution in [0.1, 0.15) is 12.8 Å². The van der Waals surface area contributed by atoms with Crippen molar-refractivity contribution in [2.45, 2.75) is 12.8 Å². The van der Waals surface area contributed by atoms with Crippen LogP contribution in [-0.2, 0) is 21.7 Å².